The largest absolute Gasteiger partial charge is 0.308 e. The molecule has 0 N–H and O–H groups in total. The molecule has 0 aliphatic heterocycles. The van der Waals surface area contributed by atoms with Crippen LogP contribution >= 0.6 is 22.7 Å². The minimum absolute atomic E-state index is 0.264. The monoisotopic (exact) mass is 986 g/mol. The van der Waals surface area contributed by atoms with Crippen molar-refractivity contribution in [3.8, 4) is 11.1 Å². The molecule has 74 heavy (non-hydrogen) atoms. The van der Waals surface area contributed by atoms with Crippen LogP contribution in [0.4, 0.5) is 34.1 Å². The molecular formula is C70H54N2S2. The summed E-state index contributed by atoms with van der Waals surface area (Å²) >= 11 is 3.79. The van der Waals surface area contributed by atoms with Crippen molar-refractivity contribution in [2.45, 2.75) is 52.4 Å². The minimum atomic E-state index is 0.264. The maximum Gasteiger partial charge on any atom is 0.0640 e. The molecule has 0 amide bonds. The van der Waals surface area contributed by atoms with E-state index in [4.69, 9.17) is 0 Å². The summed E-state index contributed by atoms with van der Waals surface area (Å²) in [4.78, 5) is 5.16. The van der Waals surface area contributed by atoms with Gasteiger partial charge in [0.05, 0.1) is 32.1 Å². The molecule has 356 valence electrons. The minimum Gasteiger partial charge on any atom is -0.308 e. The molecule has 1 aliphatic rings. The number of fused-ring (bicyclic) bond motifs is 6. The number of benzene rings is 11. The summed E-state index contributed by atoms with van der Waals surface area (Å²) in [6.07, 6.45) is 8.90. The summed E-state index contributed by atoms with van der Waals surface area (Å²) < 4.78 is 5.19. The van der Waals surface area contributed by atoms with Crippen LogP contribution < -0.4 is 9.80 Å². The smallest absolute Gasteiger partial charge is 0.0640 e. The molecule has 14 rings (SSSR count). The highest BCUT2D eigenvalue weighted by Gasteiger charge is 2.28. The second-order valence-electron chi connectivity index (χ2n) is 20.6. The van der Waals surface area contributed by atoms with Gasteiger partial charge in [0.1, 0.15) is 0 Å². The van der Waals surface area contributed by atoms with E-state index in [0.717, 1.165) is 24.2 Å². The van der Waals surface area contributed by atoms with Crippen molar-refractivity contribution in [3.63, 3.8) is 0 Å². The maximum absolute atomic E-state index is 2.58. The zero-order chi connectivity index (χ0) is 49.6. The number of anilines is 6. The van der Waals surface area contributed by atoms with E-state index in [0.29, 0.717) is 0 Å². The molecule has 0 unspecified atom stereocenters. The third-order valence-corrected chi connectivity index (χ3v) is 18.1. The summed E-state index contributed by atoms with van der Waals surface area (Å²) in [5.41, 5.74) is 14.9. The molecule has 4 heteroatoms. The lowest BCUT2D eigenvalue weighted by atomic mass is 9.84. The van der Waals surface area contributed by atoms with Crippen molar-refractivity contribution < 1.29 is 0 Å². The summed E-state index contributed by atoms with van der Waals surface area (Å²) in [6, 6.07) is 75.8. The molecule has 0 saturated heterocycles. The molecule has 0 radical (unpaired) electrons. The Bertz CT molecular complexity index is 4360. The van der Waals surface area contributed by atoms with E-state index in [1.807, 2.05) is 22.7 Å². The maximum atomic E-state index is 2.58. The van der Waals surface area contributed by atoms with Gasteiger partial charge in [-0.15, -0.1) is 22.7 Å². The zero-order valence-corrected chi connectivity index (χ0v) is 43.7. The Hall–Kier alpha value is -8.02. The SMILES string of the molecule is CC(C)c1cc(N(c2ccc(C3=CC=CCC3)cc2)c2cccc3c2sc2ccccc23)c2ccc3c(C(C)C)cc(N(c4ccc(-c5ccccc5)cc4)c4cccc5c4sc4ccccc45)c4ccc1c2c34. The third kappa shape index (κ3) is 7.18. The second kappa shape index (κ2) is 17.9. The molecule has 11 aromatic carbocycles. The number of allylic oxidation sites excluding steroid dienone is 4. The summed E-state index contributed by atoms with van der Waals surface area (Å²) in [7, 11) is 0. The zero-order valence-electron chi connectivity index (χ0n) is 42.1. The predicted octanol–water partition coefficient (Wildman–Crippen LogP) is 21.9. The molecular weight excluding hydrogens is 933 g/mol. The van der Waals surface area contributed by atoms with Crippen molar-refractivity contribution in [1.29, 1.82) is 0 Å². The van der Waals surface area contributed by atoms with Gasteiger partial charge in [0.2, 0.25) is 0 Å². The predicted molar refractivity (Wildman–Crippen MR) is 325 cm³/mol. The third-order valence-electron chi connectivity index (χ3n) is 15.6. The Morgan fingerprint density at radius 2 is 0.824 bits per heavy atom. The molecule has 2 nitrogen and oxygen atoms in total. The molecule has 1 aliphatic carbocycles. The van der Waals surface area contributed by atoms with Crippen LogP contribution in [0.1, 0.15) is 69.1 Å². The molecule has 2 heterocycles. The van der Waals surface area contributed by atoms with Crippen molar-refractivity contribution in [2.24, 2.45) is 0 Å². The number of rotatable bonds is 10. The number of nitrogens with zero attached hydrogens (tertiary/aromatic N) is 2. The first-order valence-corrected chi connectivity index (χ1v) is 27.8. The fourth-order valence-corrected chi connectivity index (χ4v) is 14.5. The standard InChI is InChI=1S/C70H54N2S2/c1-43(2)59-41-63(71(49-33-29-47(30-34-49)45-17-7-5-8-18-45)61-25-15-23-55-51-21-11-13-27-65(51)73-69(55)61)57-40-38-54-60(44(3)4)42-64(58-39-37-53(59)67(57)68(54)58)72(50-35-31-48(32-36-50)46-19-9-6-10-20-46)62-26-16-24-56-52-22-12-14-28-66(52)74-70(56)62/h5-9,11-19,21-44H,10,20H2,1-4H3. The molecule has 0 spiro atoms. The molecule has 0 atom stereocenters. The Kier molecular flexibility index (Phi) is 10.8. The van der Waals surface area contributed by atoms with Gasteiger partial charge in [-0.1, -0.05) is 185 Å². The van der Waals surface area contributed by atoms with Crippen molar-refractivity contribution >= 4 is 135 Å². The quantitative estimate of drug-likeness (QED) is 0.126. The van der Waals surface area contributed by atoms with E-state index < -0.39 is 0 Å². The van der Waals surface area contributed by atoms with E-state index in [9.17, 15) is 0 Å². The molecule has 2 aromatic heterocycles. The van der Waals surface area contributed by atoms with Gasteiger partial charge in [0.25, 0.3) is 0 Å². The van der Waals surface area contributed by atoms with Crippen LogP contribution in [-0.2, 0) is 0 Å². The summed E-state index contributed by atoms with van der Waals surface area (Å²) in [5, 5.41) is 13.0. The fraction of sp³-hybridized carbons (Fsp3) is 0.114. The van der Waals surface area contributed by atoms with Gasteiger partial charge in [-0.05, 0) is 140 Å². The van der Waals surface area contributed by atoms with Crippen LogP contribution in [0, 0.1) is 0 Å². The van der Waals surface area contributed by atoms with Gasteiger partial charge in [0.15, 0.2) is 0 Å². The van der Waals surface area contributed by atoms with Crippen LogP contribution in [-0.4, -0.2) is 0 Å². The van der Waals surface area contributed by atoms with Gasteiger partial charge >= 0.3 is 0 Å². The Labute approximate surface area is 440 Å². The fourth-order valence-electron chi connectivity index (χ4n) is 12.1. The molecule has 0 saturated carbocycles. The van der Waals surface area contributed by atoms with Gasteiger partial charge in [-0.25, -0.2) is 0 Å². The average molecular weight is 987 g/mol. The van der Waals surface area contributed by atoms with Gasteiger partial charge < -0.3 is 9.80 Å². The Morgan fingerprint density at radius 3 is 1.31 bits per heavy atom. The van der Waals surface area contributed by atoms with Crippen LogP contribution in [0.3, 0.4) is 0 Å². The van der Waals surface area contributed by atoms with Crippen LogP contribution in [0.15, 0.2) is 218 Å². The Morgan fingerprint density at radius 1 is 0.378 bits per heavy atom. The first-order valence-electron chi connectivity index (χ1n) is 26.2. The molecule has 13 aromatic rings. The highest BCUT2D eigenvalue weighted by atomic mass is 32.1. The van der Waals surface area contributed by atoms with E-state index in [-0.39, 0.29) is 11.8 Å². The van der Waals surface area contributed by atoms with E-state index in [1.54, 1.807) is 0 Å². The van der Waals surface area contributed by atoms with Crippen LogP contribution in [0.5, 0.6) is 0 Å². The lowest BCUT2D eigenvalue weighted by molar-refractivity contribution is 0.875. The van der Waals surface area contributed by atoms with Crippen LogP contribution in [0.25, 0.3) is 89.4 Å². The van der Waals surface area contributed by atoms with Crippen LogP contribution in [0.2, 0.25) is 0 Å². The first kappa shape index (κ1) is 44.7. The topological polar surface area (TPSA) is 6.48 Å². The average Bonchev–Trinajstić information content (AvgIpc) is 4.04. The van der Waals surface area contributed by atoms with Crippen molar-refractivity contribution in [2.75, 3.05) is 9.80 Å². The van der Waals surface area contributed by atoms with E-state index >= 15 is 0 Å². The first-order chi connectivity index (χ1) is 36.4. The normalized spacial score (nSPS) is 13.0. The van der Waals surface area contributed by atoms with Crippen molar-refractivity contribution in [3.05, 3.63) is 235 Å². The van der Waals surface area contributed by atoms with E-state index in [2.05, 4.69) is 256 Å². The van der Waals surface area contributed by atoms with Gasteiger partial charge in [0, 0.05) is 53.1 Å². The summed E-state index contributed by atoms with van der Waals surface area (Å²) in [6.45, 7) is 9.46. The number of hydrogen-bond acceptors (Lipinski definition) is 4. The number of thiophene rings is 2. The summed E-state index contributed by atoms with van der Waals surface area (Å²) in [5.74, 6) is 0.531. The highest BCUT2D eigenvalue weighted by molar-refractivity contribution is 7.26. The van der Waals surface area contributed by atoms with Gasteiger partial charge in [-0.2, -0.15) is 0 Å². The second-order valence-corrected chi connectivity index (χ2v) is 22.7. The molecule has 0 fully saturated rings. The lowest BCUT2D eigenvalue weighted by Crippen LogP contribution is -2.13. The highest BCUT2D eigenvalue weighted by Crippen LogP contribution is 2.54. The van der Waals surface area contributed by atoms with E-state index in [1.165, 1.54) is 129 Å². The molecule has 0 bridgehead atoms. The van der Waals surface area contributed by atoms with Gasteiger partial charge in [-0.3, -0.25) is 0 Å². The Balaban J connectivity index is 1.07. The lowest BCUT2D eigenvalue weighted by Gasteiger charge is -2.32. The van der Waals surface area contributed by atoms with Crippen molar-refractivity contribution in [1.82, 2.24) is 0 Å². The number of hydrogen-bond donors (Lipinski definition) is 0.